The second kappa shape index (κ2) is 9.39. The van der Waals surface area contributed by atoms with E-state index in [0.29, 0.717) is 12.6 Å². The molecule has 0 saturated heterocycles. The zero-order valence-corrected chi connectivity index (χ0v) is 15.5. The molecule has 2 heterocycles. The predicted octanol–water partition coefficient (Wildman–Crippen LogP) is 2.35. The van der Waals surface area contributed by atoms with Crippen molar-refractivity contribution >= 4 is 29.9 Å². The molecule has 0 radical (unpaired) electrons. The lowest BCUT2D eigenvalue weighted by molar-refractivity contribution is 0.700. The summed E-state index contributed by atoms with van der Waals surface area (Å²) in [5, 5.41) is 6.54. The smallest absolute Gasteiger partial charge is 0.191 e. The van der Waals surface area contributed by atoms with Crippen LogP contribution in [0.1, 0.15) is 26.3 Å². The predicted molar refractivity (Wildman–Crippen MR) is 99.9 cm³/mol. The Morgan fingerprint density at radius 1 is 1.36 bits per heavy atom. The van der Waals surface area contributed by atoms with Gasteiger partial charge in [0.15, 0.2) is 5.96 Å². The molecule has 0 aliphatic rings. The number of aromatic nitrogens is 3. The Morgan fingerprint density at radius 3 is 2.82 bits per heavy atom. The van der Waals surface area contributed by atoms with Gasteiger partial charge in [0.25, 0.3) is 0 Å². The number of halogens is 1. The Labute approximate surface area is 148 Å². The Bertz CT molecular complexity index is 579. The van der Waals surface area contributed by atoms with Crippen molar-refractivity contribution in [2.24, 2.45) is 4.99 Å². The molecule has 0 amide bonds. The number of hydrogen-bond acceptors (Lipinski definition) is 3. The van der Waals surface area contributed by atoms with Crippen molar-refractivity contribution in [2.45, 2.75) is 33.4 Å². The summed E-state index contributed by atoms with van der Waals surface area (Å²) in [7, 11) is 0. The van der Waals surface area contributed by atoms with Gasteiger partial charge in [0.05, 0.1) is 6.54 Å². The molecule has 0 saturated carbocycles. The SMILES string of the molecule is CCNC(=NCc1cccnc1-n1ccnc1)NC(C)C.I. The number of nitrogens with one attached hydrogen (secondary N) is 2. The maximum Gasteiger partial charge on any atom is 0.191 e. The minimum absolute atomic E-state index is 0. The van der Waals surface area contributed by atoms with E-state index in [1.807, 2.05) is 22.9 Å². The highest BCUT2D eigenvalue weighted by Gasteiger charge is 2.06. The van der Waals surface area contributed by atoms with Crippen LogP contribution in [0.25, 0.3) is 5.82 Å². The fourth-order valence-electron chi connectivity index (χ4n) is 1.93. The van der Waals surface area contributed by atoms with Crippen molar-refractivity contribution in [2.75, 3.05) is 6.54 Å². The lowest BCUT2D eigenvalue weighted by atomic mass is 10.2. The summed E-state index contributed by atoms with van der Waals surface area (Å²) < 4.78 is 1.90. The van der Waals surface area contributed by atoms with Crippen LogP contribution < -0.4 is 10.6 Å². The summed E-state index contributed by atoms with van der Waals surface area (Å²) in [5.74, 6) is 1.67. The van der Waals surface area contributed by atoms with E-state index < -0.39 is 0 Å². The molecule has 0 aliphatic heterocycles. The molecule has 0 aromatic carbocycles. The third kappa shape index (κ3) is 5.28. The van der Waals surface area contributed by atoms with Crippen LogP contribution in [0, 0.1) is 0 Å². The van der Waals surface area contributed by atoms with Gasteiger partial charge in [-0.15, -0.1) is 24.0 Å². The van der Waals surface area contributed by atoms with E-state index in [4.69, 9.17) is 0 Å². The van der Waals surface area contributed by atoms with Crippen molar-refractivity contribution < 1.29 is 0 Å². The van der Waals surface area contributed by atoms with Crippen molar-refractivity contribution in [3.05, 3.63) is 42.6 Å². The van der Waals surface area contributed by atoms with Gasteiger partial charge in [-0.1, -0.05) is 6.07 Å². The van der Waals surface area contributed by atoms with Gasteiger partial charge in [0.1, 0.15) is 12.1 Å². The van der Waals surface area contributed by atoms with Crippen molar-refractivity contribution in [1.82, 2.24) is 25.2 Å². The molecule has 120 valence electrons. The zero-order valence-electron chi connectivity index (χ0n) is 13.2. The molecule has 0 fully saturated rings. The normalized spacial score (nSPS) is 11.2. The number of nitrogens with zero attached hydrogens (tertiary/aromatic N) is 4. The van der Waals surface area contributed by atoms with Gasteiger partial charge < -0.3 is 10.6 Å². The molecule has 0 unspecified atom stereocenters. The number of rotatable bonds is 5. The molecule has 0 spiro atoms. The minimum atomic E-state index is 0. The number of hydrogen-bond donors (Lipinski definition) is 2. The largest absolute Gasteiger partial charge is 0.357 e. The van der Waals surface area contributed by atoms with Gasteiger partial charge >= 0.3 is 0 Å². The molecule has 2 aromatic heterocycles. The quantitative estimate of drug-likeness (QED) is 0.448. The maximum absolute atomic E-state index is 4.62. The average molecular weight is 414 g/mol. The summed E-state index contributed by atoms with van der Waals surface area (Å²) in [6.45, 7) is 7.63. The Kier molecular flexibility index (Phi) is 7.86. The van der Waals surface area contributed by atoms with Gasteiger partial charge in [0.2, 0.25) is 0 Å². The lowest BCUT2D eigenvalue weighted by Crippen LogP contribution is -2.41. The Morgan fingerprint density at radius 2 is 2.18 bits per heavy atom. The van der Waals surface area contributed by atoms with Crippen LogP contribution in [-0.4, -0.2) is 33.1 Å². The van der Waals surface area contributed by atoms with Crippen molar-refractivity contribution in [1.29, 1.82) is 0 Å². The summed E-state index contributed by atoms with van der Waals surface area (Å²) >= 11 is 0. The fourth-order valence-corrected chi connectivity index (χ4v) is 1.93. The minimum Gasteiger partial charge on any atom is -0.357 e. The molecule has 2 N–H and O–H groups in total. The average Bonchev–Trinajstić information content (AvgIpc) is 2.99. The van der Waals surface area contributed by atoms with E-state index in [0.717, 1.165) is 23.9 Å². The highest BCUT2D eigenvalue weighted by atomic mass is 127. The third-order valence-electron chi connectivity index (χ3n) is 2.79. The van der Waals surface area contributed by atoms with Gasteiger partial charge in [0, 0.05) is 36.7 Å². The molecule has 0 atom stereocenters. The number of guanidine groups is 1. The second-order valence-corrected chi connectivity index (χ2v) is 4.95. The zero-order chi connectivity index (χ0) is 15.1. The first-order chi connectivity index (χ1) is 10.2. The molecule has 7 heteroatoms. The first-order valence-corrected chi connectivity index (χ1v) is 7.17. The van der Waals surface area contributed by atoms with E-state index in [-0.39, 0.29) is 24.0 Å². The molecular weight excluding hydrogens is 391 g/mol. The standard InChI is InChI=1S/C15H22N6.HI/c1-4-17-15(20-12(2)3)19-10-13-6-5-7-18-14(13)21-9-8-16-11-21;/h5-9,11-12H,4,10H2,1-3H3,(H2,17,19,20);1H. The van der Waals surface area contributed by atoms with Crippen LogP contribution in [0.5, 0.6) is 0 Å². The Balaban J connectivity index is 0.00000242. The first-order valence-electron chi connectivity index (χ1n) is 7.17. The lowest BCUT2D eigenvalue weighted by Gasteiger charge is -2.14. The molecule has 0 aliphatic carbocycles. The topological polar surface area (TPSA) is 67.1 Å². The van der Waals surface area contributed by atoms with E-state index in [2.05, 4.69) is 46.4 Å². The molecule has 2 aromatic rings. The first kappa shape index (κ1) is 18.4. The van der Waals surface area contributed by atoms with Crippen molar-refractivity contribution in [3.8, 4) is 5.82 Å². The van der Waals surface area contributed by atoms with Crippen LogP contribution in [0.2, 0.25) is 0 Å². The van der Waals surface area contributed by atoms with E-state index in [1.165, 1.54) is 0 Å². The van der Waals surface area contributed by atoms with Crippen LogP contribution in [-0.2, 0) is 6.54 Å². The summed E-state index contributed by atoms with van der Waals surface area (Å²) in [5.41, 5.74) is 1.05. The summed E-state index contributed by atoms with van der Waals surface area (Å²) in [6.07, 6.45) is 7.15. The fraction of sp³-hybridized carbons (Fsp3) is 0.400. The Hall–Kier alpha value is -1.64. The molecular formula is C15H23IN6. The molecule has 2 rings (SSSR count). The van der Waals surface area contributed by atoms with Gasteiger partial charge in [-0.2, -0.15) is 0 Å². The van der Waals surface area contributed by atoms with E-state index in [1.54, 1.807) is 18.7 Å². The van der Waals surface area contributed by atoms with Gasteiger partial charge in [-0.3, -0.25) is 4.57 Å². The third-order valence-corrected chi connectivity index (χ3v) is 2.79. The van der Waals surface area contributed by atoms with E-state index >= 15 is 0 Å². The highest BCUT2D eigenvalue weighted by Crippen LogP contribution is 2.11. The monoisotopic (exact) mass is 414 g/mol. The van der Waals surface area contributed by atoms with Crippen LogP contribution >= 0.6 is 24.0 Å². The number of pyridine rings is 1. The maximum atomic E-state index is 4.62. The highest BCUT2D eigenvalue weighted by molar-refractivity contribution is 14.0. The van der Waals surface area contributed by atoms with E-state index in [9.17, 15) is 0 Å². The second-order valence-electron chi connectivity index (χ2n) is 4.95. The van der Waals surface area contributed by atoms with Crippen LogP contribution in [0.3, 0.4) is 0 Å². The molecule has 22 heavy (non-hydrogen) atoms. The molecule has 0 bridgehead atoms. The molecule has 6 nitrogen and oxygen atoms in total. The van der Waals surface area contributed by atoms with Crippen LogP contribution in [0.4, 0.5) is 0 Å². The van der Waals surface area contributed by atoms with Gasteiger partial charge in [-0.05, 0) is 26.8 Å². The van der Waals surface area contributed by atoms with Gasteiger partial charge in [-0.25, -0.2) is 15.0 Å². The van der Waals surface area contributed by atoms with Crippen LogP contribution in [0.15, 0.2) is 42.0 Å². The number of aliphatic imine (C=N–C) groups is 1. The summed E-state index contributed by atoms with van der Waals surface area (Å²) in [4.78, 5) is 13.1. The number of imidazole rings is 1. The summed E-state index contributed by atoms with van der Waals surface area (Å²) in [6, 6.07) is 4.29. The van der Waals surface area contributed by atoms with Crippen molar-refractivity contribution in [3.63, 3.8) is 0 Å².